The van der Waals surface area contributed by atoms with E-state index < -0.39 is 0 Å². The minimum absolute atomic E-state index is 0.400. The molecule has 0 radical (unpaired) electrons. The van der Waals surface area contributed by atoms with Crippen molar-refractivity contribution in [2.24, 2.45) is 35.5 Å². The van der Waals surface area contributed by atoms with E-state index in [1.807, 2.05) is 0 Å². The largest absolute Gasteiger partial charge is 0.352 e. The smallest absolute Gasteiger partial charge is 0.147 e. The maximum atomic E-state index is 6.27. The highest BCUT2D eigenvalue weighted by Crippen LogP contribution is 2.37. The summed E-state index contributed by atoms with van der Waals surface area (Å²) in [6.07, 6.45) is 8.58. The second-order valence-electron chi connectivity index (χ2n) is 9.18. The minimum Gasteiger partial charge on any atom is -0.352 e. The van der Waals surface area contributed by atoms with Crippen molar-refractivity contribution in [2.45, 2.75) is 92.3 Å². The lowest BCUT2D eigenvalue weighted by Crippen LogP contribution is -2.38. The van der Waals surface area contributed by atoms with Gasteiger partial charge >= 0.3 is 0 Å². The van der Waals surface area contributed by atoms with Crippen LogP contribution in [-0.2, 0) is 9.47 Å². The molecule has 0 aromatic heterocycles. The molecule has 136 valence electrons. The van der Waals surface area contributed by atoms with Gasteiger partial charge < -0.3 is 9.47 Å². The van der Waals surface area contributed by atoms with Crippen molar-refractivity contribution in [3.63, 3.8) is 0 Å². The van der Waals surface area contributed by atoms with Gasteiger partial charge in [0.05, 0.1) is 12.2 Å². The van der Waals surface area contributed by atoms with Gasteiger partial charge in [0, 0.05) is 0 Å². The van der Waals surface area contributed by atoms with Crippen LogP contribution in [0.25, 0.3) is 0 Å². The average Bonchev–Trinajstić information content (AvgIpc) is 2.46. The summed E-state index contributed by atoms with van der Waals surface area (Å²) >= 11 is 0. The van der Waals surface area contributed by atoms with Gasteiger partial charge in [0.1, 0.15) is 6.79 Å². The van der Waals surface area contributed by atoms with Crippen LogP contribution in [0, 0.1) is 35.5 Å². The molecule has 0 amide bonds. The molecule has 0 bridgehead atoms. The van der Waals surface area contributed by atoms with Gasteiger partial charge in [-0.3, -0.25) is 0 Å². The first-order valence-corrected chi connectivity index (χ1v) is 10.1. The standard InChI is InChI=1S/C21H40O2/c1-14(2)18-9-7-16(5)11-20(18)22-13-23-21-12-17(6)8-10-19(21)15(3)4/h14-21H,7-13H2,1-6H3/t16-,17-,18+,19+,20-,21-/m1/s1. The molecule has 23 heavy (non-hydrogen) atoms. The molecule has 2 saturated carbocycles. The van der Waals surface area contributed by atoms with Gasteiger partial charge in [-0.2, -0.15) is 0 Å². The molecule has 2 fully saturated rings. The van der Waals surface area contributed by atoms with E-state index in [0.29, 0.717) is 42.7 Å². The van der Waals surface area contributed by atoms with Crippen LogP contribution in [0.1, 0.15) is 80.1 Å². The quantitative estimate of drug-likeness (QED) is 0.566. The molecule has 2 aliphatic carbocycles. The Balaban J connectivity index is 1.83. The zero-order chi connectivity index (χ0) is 17.0. The van der Waals surface area contributed by atoms with Crippen molar-refractivity contribution in [3.8, 4) is 0 Å². The Kier molecular flexibility index (Phi) is 7.41. The Morgan fingerprint density at radius 2 is 1.09 bits per heavy atom. The van der Waals surface area contributed by atoms with Crippen LogP contribution in [0.15, 0.2) is 0 Å². The third-order valence-electron chi connectivity index (χ3n) is 6.49. The molecular formula is C21H40O2. The Morgan fingerprint density at radius 1 is 0.696 bits per heavy atom. The van der Waals surface area contributed by atoms with Crippen LogP contribution in [0.3, 0.4) is 0 Å². The Morgan fingerprint density at radius 3 is 1.43 bits per heavy atom. The summed E-state index contributed by atoms with van der Waals surface area (Å²) in [6, 6.07) is 0. The second kappa shape index (κ2) is 8.85. The fourth-order valence-electron chi connectivity index (χ4n) is 4.83. The molecule has 0 aromatic carbocycles. The van der Waals surface area contributed by atoms with Gasteiger partial charge in [0.15, 0.2) is 0 Å². The van der Waals surface area contributed by atoms with Gasteiger partial charge in [-0.05, 0) is 61.2 Å². The molecule has 0 spiro atoms. The molecule has 0 unspecified atom stereocenters. The predicted octanol–water partition coefficient (Wildman–Crippen LogP) is 5.90. The lowest BCUT2D eigenvalue weighted by Gasteiger charge is -2.39. The van der Waals surface area contributed by atoms with E-state index >= 15 is 0 Å². The summed E-state index contributed by atoms with van der Waals surface area (Å²) < 4.78 is 12.5. The van der Waals surface area contributed by atoms with E-state index in [1.54, 1.807) is 0 Å². The van der Waals surface area contributed by atoms with Crippen molar-refractivity contribution in [2.75, 3.05) is 6.79 Å². The van der Waals surface area contributed by atoms with Crippen LogP contribution in [0.5, 0.6) is 0 Å². The number of ether oxygens (including phenoxy) is 2. The third kappa shape index (κ3) is 5.46. The van der Waals surface area contributed by atoms with Gasteiger partial charge in [-0.25, -0.2) is 0 Å². The first-order valence-electron chi connectivity index (χ1n) is 10.1. The van der Waals surface area contributed by atoms with Crippen molar-refractivity contribution >= 4 is 0 Å². The van der Waals surface area contributed by atoms with Crippen molar-refractivity contribution in [3.05, 3.63) is 0 Å². The van der Waals surface area contributed by atoms with E-state index in [-0.39, 0.29) is 0 Å². The van der Waals surface area contributed by atoms with Crippen LogP contribution < -0.4 is 0 Å². The van der Waals surface area contributed by atoms with E-state index in [1.165, 1.54) is 38.5 Å². The molecule has 0 saturated heterocycles. The molecule has 0 N–H and O–H groups in total. The van der Waals surface area contributed by atoms with Crippen LogP contribution in [0.2, 0.25) is 0 Å². The van der Waals surface area contributed by atoms with Crippen LogP contribution in [-0.4, -0.2) is 19.0 Å². The lowest BCUT2D eigenvalue weighted by molar-refractivity contribution is -0.169. The van der Waals surface area contributed by atoms with Crippen LogP contribution in [0.4, 0.5) is 0 Å². The second-order valence-corrected chi connectivity index (χ2v) is 9.18. The maximum absolute atomic E-state index is 6.27. The summed E-state index contributed by atoms with van der Waals surface area (Å²) in [7, 11) is 0. The maximum Gasteiger partial charge on any atom is 0.147 e. The summed E-state index contributed by atoms with van der Waals surface area (Å²) in [4.78, 5) is 0. The highest BCUT2D eigenvalue weighted by molar-refractivity contribution is 4.82. The molecule has 2 heteroatoms. The van der Waals surface area contributed by atoms with Gasteiger partial charge in [0.25, 0.3) is 0 Å². The third-order valence-corrected chi connectivity index (χ3v) is 6.49. The molecule has 2 aliphatic rings. The van der Waals surface area contributed by atoms with Crippen molar-refractivity contribution in [1.29, 1.82) is 0 Å². The van der Waals surface area contributed by atoms with Crippen molar-refractivity contribution in [1.82, 2.24) is 0 Å². The summed E-state index contributed by atoms with van der Waals surface area (Å²) in [6.45, 7) is 14.6. The van der Waals surface area contributed by atoms with Crippen LogP contribution >= 0.6 is 0 Å². The molecule has 6 atom stereocenters. The van der Waals surface area contributed by atoms with E-state index in [2.05, 4.69) is 41.5 Å². The SMILES string of the molecule is CC(C)[C@@H]1CC[C@@H](C)C[C@H]1OCO[C@@H]1C[C@H](C)CC[C@H]1C(C)C. The van der Waals surface area contributed by atoms with E-state index in [9.17, 15) is 0 Å². The lowest BCUT2D eigenvalue weighted by atomic mass is 9.75. The van der Waals surface area contributed by atoms with Gasteiger partial charge in [0.2, 0.25) is 0 Å². The zero-order valence-electron chi connectivity index (χ0n) is 16.4. The van der Waals surface area contributed by atoms with E-state index in [0.717, 1.165) is 11.8 Å². The van der Waals surface area contributed by atoms with Crippen molar-refractivity contribution < 1.29 is 9.47 Å². The Hall–Kier alpha value is -0.0800. The Labute approximate surface area is 144 Å². The molecule has 2 rings (SSSR count). The fourth-order valence-corrected chi connectivity index (χ4v) is 4.83. The zero-order valence-corrected chi connectivity index (χ0v) is 16.4. The number of rotatable bonds is 6. The number of hydrogen-bond acceptors (Lipinski definition) is 2. The first-order chi connectivity index (χ1) is 10.9. The molecule has 0 aliphatic heterocycles. The Bertz CT molecular complexity index is 307. The molecule has 0 aromatic rings. The first kappa shape index (κ1) is 19.2. The fraction of sp³-hybridized carbons (Fsp3) is 1.00. The normalized spacial score (nSPS) is 39.1. The molecular weight excluding hydrogens is 284 g/mol. The summed E-state index contributed by atoms with van der Waals surface area (Å²) in [5.41, 5.74) is 0. The molecule has 0 heterocycles. The molecule has 2 nitrogen and oxygen atoms in total. The topological polar surface area (TPSA) is 18.5 Å². The average molecular weight is 325 g/mol. The summed E-state index contributed by atoms with van der Waals surface area (Å²) in [5, 5.41) is 0. The monoisotopic (exact) mass is 324 g/mol. The van der Waals surface area contributed by atoms with E-state index in [4.69, 9.17) is 9.47 Å². The minimum atomic E-state index is 0.400. The van der Waals surface area contributed by atoms with Gasteiger partial charge in [-0.1, -0.05) is 54.4 Å². The number of hydrogen-bond donors (Lipinski definition) is 0. The highest BCUT2D eigenvalue weighted by Gasteiger charge is 2.34. The van der Waals surface area contributed by atoms with Gasteiger partial charge in [-0.15, -0.1) is 0 Å². The predicted molar refractivity (Wildman–Crippen MR) is 97.3 cm³/mol. The highest BCUT2D eigenvalue weighted by atomic mass is 16.7. The summed E-state index contributed by atoms with van der Waals surface area (Å²) in [5.74, 6) is 4.44.